The van der Waals surface area contributed by atoms with Crippen LogP contribution >= 0.6 is 24.0 Å². The smallest absolute Gasteiger partial charge is 0.272 e. The topological polar surface area (TPSA) is 73.0 Å². The highest BCUT2D eigenvalue weighted by atomic mass is 35.5. The van der Waals surface area contributed by atoms with Crippen molar-refractivity contribution >= 4 is 29.9 Å². The van der Waals surface area contributed by atoms with Crippen molar-refractivity contribution in [2.75, 3.05) is 26.7 Å². The van der Waals surface area contributed by atoms with E-state index in [-0.39, 0.29) is 35.3 Å². The zero-order valence-corrected chi connectivity index (χ0v) is 17.2. The van der Waals surface area contributed by atoms with Gasteiger partial charge in [-0.15, -0.1) is 12.4 Å². The van der Waals surface area contributed by atoms with Gasteiger partial charge < -0.3 is 10.6 Å². The van der Waals surface area contributed by atoms with Crippen molar-refractivity contribution in [3.8, 4) is 0 Å². The number of nitrogens with one attached hydrogen (secondary N) is 3. The van der Waals surface area contributed by atoms with Gasteiger partial charge in [0.2, 0.25) is 0 Å². The van der Waals surface area contributed by atoms with Gasteiger partial charge >= 0.3 is 0 Å². The third-order valence-corrected chi connectivity index (χ3v) is 5.91. The SMILES string of the molecule is CN1CCC(CNC(=O)c2n[nH]c3c2CNCC3)C1c1ccc(Cl)c(F)c1.Cl. The highest BCUT2D eigenvalue weighted by Gasteiger charge is 2.34. The summed E-state index contributed by atoms with van der Waals surface area (Å²) in [7, 11) is 2.02. The van der Waals surface area contributed by atoms with E-state index in [1.54, 1.807) is 6.07 Å². The Morgan fingerprint density at radius 2 is 2.29 bits per heavy atom. The number of carbonyl (C=O) groups is 1. The normalized spacial score (nSPS) is 21.8. The summed E-state index contributed by atoms with van der Waals surface area (Å²) in [6.45, 7) is 2.97. The first kappa shape index (κ1) is 21.0. The molecule has 0 spiro atoms. The molecule has 2 aliphatic rings. The van der Waals surface area contributed by atoms with E-state index in [1.165, 1.54) is 6.07 Å². The number of hydrogen-bond acceptors (Lipinski definition) is 4. The summed E-state index contributed by atoms with van der Waals surface area (Å²) in [5, 5.41) is 13.6. The number of carbonyl (C=O) groups excluding carboxylic acids is 1. The van der Waals surface area contributed by atoms with Crippen molar-refractivity contribution in [3.05, 3.63) is 51.6 Å². The number of aromatic amines is 1. The molecule has 152 valence electrons. The van der Waals surface area contributed by atoms with Crippen LogP contribution in [-0.2, 0) is 13.0 Å². The van der Waals surface area contributed by atoms with E-state index in [4.69, 9.17) is 11.6 Å². The highest BCUT2D eigenvalue weighted by molar-refractivity contribution is 6.30. The molecular weight excluding hydrogens is 404 g/mol. The lowest BCUT2D eigenvalue weighted by molar-refractivity contribution is 0.0937. The van der Waals surface area contributed by atoms with Crippen molar-refractivity contribution in [2.45, 2.75) is 25.4 Å². The maximum atomic E-state index is 13.9. The van der Waals surface area contributed by atoms with Gasteiger partial charge in [-0.1, -0.05) is 17.7 Å². The van der Waals surface area contributed by atoms with Gasteiger partial charge in [0.05, 0.1) is 5.02 Å². The second-order valence-corrected chi connectivity index (χ2v) is 7.72. The molecule has 0 bridgehead atoms. The summed E-state index contributed by atoms with van der Waals surface area (Å²) in [6, 6.07) is 5.01. The second kappa shape index (κ2) is 8.78. The molecule has 9 heteroatoms. The number of fused-ring (bicyclic) bond motifs is 1. The summed E-state index contributed by atoms with van der Waals surface area (Å²) in [5.41, 5.74) is 3.35. The molecule has 1 aromatic heterocycles. The van der Waals surface area contributed by atoms with E-state index in [2.05, 4.69) is 25.7 Å². The number of benzene rings is 1. The van der Waals surface area contributed by atoms with Gasteiger partial charge in [0.15, 0.2) is 5.69 Å². The van der Waals surface area contributed by atoms with E-state index >= 15 is 0 Å². The molecule has 1 saturated heterocycles. The maximum absolute atomic E-state index is 13.9. The molecule has 4 rings (SSSR count). The number of hydrogen-bond donors (Lipinski definition) is 3. The van der Waals surface area contributed by atoms with Gasteiger partial charge in [-0.2, -0.15) is 5.10 Å². The van der Waals surface area contributed by atoms with Crippen LogP contribution in [0.4, 0.5) is 4.39 Å². The van der Waals surface area contributed by atoms with Gasteiger partial charge in [-0.05, 0) is 43.6 Å². The maximum Gasteiger partial charge on any atom is 0.272 e. The third-order valence-electron chi connectivity index (χ3n) is 5.61. The molecular formula is C19H24Cl2FN5O. The van der Waals surface area contributed by atoms with Crippen LogP contribution in [0.15, 0.2) is 18.2 Å². The Kier molecular flexibility index (Phi) is 6.60. The van der Waals surface area contributed by atoms with Crippen molar-refractivity contribution in [3.63, 3.8) is 0 Å². The van der Waals surface area contributed by atoms with Crippen LogP contribution in [0.3, 0.4) is 0 Å². The van der Waals surface area contributed by atoms with Crippen LogP contribution in [0.2, 0.25) is 5.02 Å². The minimum absolute atomic E-state index is 0. The van der Waals surface area contributed by atoms with E-state index in [0.29, 0.717) is 18.8 Å². The monoisotopic (exact) mass is 427 g/mol. The number of nitrogens with zero attached hydrogens (tertiary/aromatic N) is 2. The molecule has 1 amide bonds. The molecule has 28 heavy (non-hydrogen) atoms. The second-order valence-electron chi connectivity index (χ2n) is 7.31. The Hall–Kier alpha value is -1.67. The first-order valence-corrected chi connectivity index (χ1v) is 9.62. The lowest BCUT2D eigenvalue weighted by Gasteiger charge is -2.26. The van der Waals surface area contributed by atoms with Crippen LogP contribution in [-0.4, -0.2) is 47.7 Å². The summed E-state index contributed by atoms with van der Waals surface area (Å²) >= 11 is 5.82. The Morgan fingerprint density at radius 1 is 1.46 bits per heavy atom. The van der Waals surface area contributed by atoms with Crippen molar-refractivity contribution in [2.24, 2.45) is 5.92 Å². The fraction of sp³-hybridized carbons (Fsp3) is 0.474. The lowest BCUT2D eigenvalue weighted by Crippen LogP contribution is -2.34. The molecule has 3 heterocycles. The van der Waals surface area contributed by atoms with Crippen LogP contribution in [0.5, 0.6) is 0 Å². The number of H-pyrrole nitrogens is 1. The quantitative estimate of drug-likeness (QED) is 0.701. The minimum Gasteiger partial charge on any atom is -0.350 e. The number of amides is 1. The summed E-state index contributed by atoms with van der Waals surface area (Å²) in [5.74, 6) is -0.368. The van der Waals surface area contributed by atoms with Crippen molar-refractivity contribution < 1.29 is 9.18 Å². The highest BCUT2D eigenvalue weighted by Crippen LogP contribution is 2.36. The lowest BCUT2D eigenvalue weighted by atomic mass is 9.93. The number of aromatic nitrogens is 2. The molecule has 6 nitrogen and oxygen atoms in total. The average Bonchev–Trinajstić information content (AvgIpc) is 3.26. The first-order valence-electron chi connectivity index (χ1n) is 9.25. The first-order chi connectivity index (χ1) is 13.0. The van der Waals surface area contributed by atoms with E-state index in [0.717, 1.165) is 42.8 Å². The number of halogens is 3. The van der Waals surface area contributed by atoms with E-state index in [9.17, 15) is 9.18 Å². The fourth-order valence-corrected chi connectivity index (χ4v) is 4.30. The third kappa shape index (κ3) is 4.03. The van der Waals surface area contributed by atoms with E-state index in [1.807, 2.05) is 13.1 Å². The van der Waals surface area contributed by atoms with Crippen LogP contribution in [0, 0.1) is 11.7 Å². The number of rotatable bonds is 4. The zero-order valence-electron chi connectivity index (χ0n) is 15.6. The molecule has 2 aromatic rings. The molecule has 2 aliphatic heterocycles. The zero-order chi connectivity index (χ0) is 19.0. The number of likely N-dealkylation sites (tertiary alicyclic amines) is 1. The van der Waals surface area contributed by atoms with Crippen LogP contribution in [0.25, 0.3) is 0 Å². The standard InChI is InChI=1S/C19H23ClFN5O.ClH/c1-26-7-5-12(18(26)11-2-3-14(20)15(21)8-11)9-23-19(27)17-13-10-22-6-4-16(13)24-25-17;/h2-3,8,12,18,22H,4-7,9-10H2,1H3,(H,23,27)(H,24,25);1H. The Bertz CT molecular complexity index is 859. The van der Waals surface area contributed by atoms with Gasteiger partial charge in [0.25, 0.3) is 5.91 Å². The van der Waals surface area contributed by atoms with Crippen molar-refractivity contribution in [1.82, 2.24) is 25.7 Å². The molecule has 3 N–H and O–H groups in total. The molecule has 0 saturated carbocycles. The van der Waals surface area contributed by atoms with Gasteiger partial charge in [0.1, 0.15) is 5.82 Å². The predicted molar refractivity (Wildman–Crippen MR) is 108 cm³/mol. The Morgan fingerprint density at radius 3 is 3.07 bits per heavy atom. The van der Waals surface area contributed by atoms with Crippen LogP contribution in [0.1, 0.15) is 39.8 Å². The molecule has 1 aromatic carbocycles. The van der Waals surface area contributed by atoms with Gasteiger partial charge in [-0.25, -0.2) is 4.39 Å². The van der Waals surface area contributed by atoms with Crippen molar-refractivity contribution in [1.29, 1.82) is 0 Å². The largest absolute Gasteiger partial charge is 0.350 e. The fourth-order valence-electron chi connectivity index (χ4n) is 4.18. The molecule has 2 atom stereocenters. The molecule has 0 aliphatic carbocycles. The molecule has 2 unspecified atom stereocenters. The van der Waals surface area contributed by atoms with Crippen LogP contribution < -0.4 is 10.6 Å². The van der Waals surface area contributed by atoms with E-state index < -0.39 is 5.82 Å². The average molecular weight is 428 g/mol. The summed E-state index contributed by atoms with van der Waals surface area (Å²) in [6.07, 6.45) is 1.79. The molecule has 1 fully saturated rings. The summed E-state index contributed by atoms with van der Waals surface area (Å²) < 4.78 is 13.9. The van der Waals surface area contributed by atoms with Gasteiger partial charge in [0, 0.05) is 43.4 Å². The van der Waals surface area contributed by atoms with Gasteiger partial charge in [-0.3, -0.25) is 14.8 Å². The Balaban J connectivity index is 0.00000225. The Labute approximate surface area is 174 Å². The summed E-state index contributed by atoms with van der Waals surface area (Å²) in [4.78, 5) is 14.8. The predicted octanol–water partition coefficient (Wildman–Crippen LogP) is 2.69. The molecule has 0 radical (unpaired) electrons. The minimum atomic E-state index is -0.409.